The van der Waals surface area contributed by atoms with Crippen molar-refractivity contribution < 1.29 is 0 Å². The van der Waals surface area contributed by atoms with Crippen LogP contribution < -0.4 is 0 Å². The largest absolute Gasteiger partial charge is 0.308 e. The molecule has 0 bridgehead atoms. The molecule has 8 rings (SSSR count). The fourth-order valence-corrected chi connectivity index (χ4v) is 5.96. The molecule has 0 saturated heterocycles. The van der Waals surface area contributed by atoms with Crippen LogP contribution >= 0.6 is 0 Å². The standard InChI is InChI=1S/C32H19N/c1-3-11-22-20(9-1)17-18-27-29-19-21-10-2-8-16-28(21)33(29)32-26-15-7-5-13-24(26)23-12-4-6-14-25(23)31(32)30(22)27/h1-19H. The van der Waals surface area contributed by atoms with E-state index in [1.165, 1.54) is 70.4 Å². The monoisotopic (exact) mass is 417 g/mol. The lowest BCUT2D eigenvalue weighted by atomic mass is 9.91. The predicted octanol–water partition coefficient (Wildman–Crippen LogP) is 8.86. The maximum absolute atomic E-state index is 2.50. The van der Waals surface area contributed by atoms with Gasteiger partial charge in [-0.25, -0.2) is 0 Å². The summed E-state index contributed by atoms with van der Waals surface area (Å²) in [4.78, 5) is 0. The molecule has 2 aromatic heterocycles. The fourth-order valence-electron chi connectivity index (χ4n) is 5.96. The summed E-state index contributed by atoms with van der Waals surface area (Å²) in [5.74, 6) is 0. The number of para-hydroxylation sites is 1. The zero-order chi connectivity index (χ0) is 21.5. The lowest BCUT2D eigenvalue weighted by molar-refractivity contribution is 1.36. The summed E-state index contributed by atoms with van der Waals surface area (Å²) < 4.78 is 2.50. The molecule has 0 N–H and O–H groups in total. The first-order valence-electron chi connectivity index (χ1n) is 11.5. The Balaban J connectivity index is 1.89. The molecule has 1 nitrogen and oxygen atoms in total. The molecular formula is C32H19N. The van der Waals surface area contributed by atoms with Gasteiger partial charge in [-0.05, 0) is 39.1 Å². The number of pyridine rings is 1. The van der Waals surface area contributed by atoms with Crippen LogP contribution in [0.1, 0.15) is 0 Å². The molecule has 152 valence electrons. The lowest BCUT2D eigenvalue weighted by Gasteiger charge is -2.17. The fraction of sp³-hybridized carbons (Fsp3) is 0. The molecule has 8 aromatic rings. The summed E-state index contributed by atoms with van der Waals surface area (Å²) in [6.07, 6.45) is 0. The maximum Gasteiger partial charge on any atom is 0.0625 e. The highest BCUT2D eigenvalue weighted by Gasteiger charge is 2.18. The number of hydrogen-bond acceptors (Lipinski definition) is 0. The molecule has 0 unspecified atom stereocenters. The van der Waals surface area contributed by atoms with Crippen molar-refractivity contribution in [3.8, 4) is 0 Å². The highest BCUT2D eigenvalue weighted by molar-refractivity contribution is 6.36. The summed E-state index contributed by atoms with van der Waals surface area (Å²) in [6, 6.07) is 42.3. The number of rotatable bonds is 0. The Morgan fingerprint density at radius 1 is 0.364 bits per heavy atom. The quantitative estimate of drug-likeness (QED) is 0.217. The van der Waals surface area contributed by atoms with Crippen LogP contribution in [0.25, 0.3) is 70.4 Å². The van der Waals surface area contributed by atoms with Crippen molar-refractivity contribution in [3.05, 3.63) is 115 Å². The van der Waals surface area contributed by atoms with Gasteiger partial charge in [-0.1, -0.05) is 103 Å². The predicted molar refractivity (Wildman–Crippen MR) is 142 cm³/mol. The number of fused-ring (bicyclic) bond motifs is 15. The molecule has 0 spiro atoms. The summed E-state index contributed by atoms with van der Waals surface area (Å²) in [5.41, 5.74) is 3.82. The van der Waals surface area contributed by atoms with Crippen molar-refractivity contribution in [3.63, 3.8) is 0 Å². The van der Waals surface area contributed by atoms with E-state index in [2.05, 4.69) is 120 Å². The third-order valence-corrected chi connectivity index (χ3v) is 7.29. The van der Waals surface area contributed by atoms with Gasteiger partial charge in [0.1, 0.15) is 0 Å². The van der Waals surface area contributed by atoms with E-state index in [1.54, 1.807) is 0 Å². The van der Waals surface area contributed by atoms with E-state index in [1.807, 2.05) is 0 Å². The van der Waals surface area contributed by atoms with E-state index in [4.69, 9.17) is 0 Å². The Labute approximate surface area is 190 Å². The van der Waals surface area contributed by atoms with Gasteiger partial charge in [0, 0.05) is 26.9 Å². The first-order valence-corrected chi connectivity index (χ1v) is 11.5. The second-order valence-corrected chi connectivity index (χ2v) is 8.95. The lowest BCUT2D eigenvalue weighted by Crippen LogP contribution is -1.94. The molecule has 2 heterocycles. The van der Waals surface area contributed by atoms with E-state index in [0.717, 1.165) is 0 Å². The Hall–Kier alpha value is -4.36. The van der Waals surface area contributed by atoms with E-state index < -0.39 is 0 Å². The smallest absolute Gasteiger partial charge is 0.0625 e. The van der Waals surface area contributed by atoms with Gasteiger partial charge in [0.15, 0.2) is 0 Å². The van der Waals surface area contributed by atoms with Crippen LogP contribution in [0.4, 0.5) is 0 Å². The van der Waals surface area contributed by atoms with Crippen molar-refractivity contribution in [1.29, 1.82) is 0 Å². The minimum absolute atomic E-state index is 1.26. The van der Waals surface area contributed by atoms with Crippen LogP contribution in [-0.2, 0) is 0 Å². The molecule has 33 heavy (non-hydrogen) atoms. The number of benzene rings is 6. The third-order valence-electron chi connectivity index (χ3n) is 7.29. The first kappa shape index (κ1) is 17.2. The second kappa shape index (κ2) is 6.11. The zero-order valence-electron chi connectivity index (χ0n) is 17.9. The van der Waals surface area contributed by atoms with Crippen LogP contribution in [0.2, 0.25) is 0 Å². The molecule has 0 saturated carbocycles. The number of hydrogen-bond donors (Lipinski definition) is 0. The summed E-state index contributed by atoms with van der Waals surface area (Å²) in [6.45, 7) is 0. The summed E-state index contributed by atoms with van der Waals surface area (Å²) >= 11 is 0. The van der Waals surface area contributed by atoms with Crippen LogP contribution in [0, 0.1) is 0 Å². The Bertz CT molecular complexity index is 2070. The zero-order valence-corrected chi connectivity index (χ0v) is 17.9. The molecule has 0 aliphatic rings. The van der Waals surface area contributed by atoms with Gasteiger partial charge in [0.25, 0.3) is 0 Å². The normalized spacial score (nSPS) is 12.2. The van der Waals surface area contributed by atoms with Gasteiger partial charge in [-0.3, -0.25) is 0 Å². The molecule has 6 aromatic carbocycles. The van der Waals surface area contributed by atoms with Crippen molar-refractivity contribution in [1.82, 2.24) is 4.40 Å². The second-order valence-electron chi connectivity index (χ2n) is 8.95. The average molecular weight is 418 g/mol. The highest BCUT2D eigenvalue weighted by Crippen LogP contribution is 2.44. The number of nitrogens with zero attached hydrogens (tertiary/aromatic N) is 1. The van der Waals surface area contributed by atoms with Crippen LogP contribution in [-0.4, -0.2) is 4.40 Å². The third kappa shape index (κ3) is 2.12. The molecule has 1 heteroatoms. The molecule has 0 aliphatic carbocycles. The Morgan fingerprint density at radius 3 is 1.79 bits per heavy atom. The number of aromatic nitrogens is 1. The SMILES string of the molecule is c1ccc2c(c1)ccc1c2c2c3ccccc3c3ccccc3c2n2c3ccccc3cc12. The van der Waals surface area contributed by atoms with E-state index in [9.17, 15) is 0 Å². The van der Waals surface area contributed by atoms with Gasteiger partial charge in [-0.15, -0.1) is 0 Å². The molecule has 0 radical (unpaired) electrons. The Kier molecular flexibility index (Phi) is 3.19. The minimum Gasteiger partial charge on any atom is -0.308 e. The van der Waals surface area contributed by atoms with Crippen molar-refractivity contribution in [2.24, 2.45) is 0 Å². The summed E-state index contributed by atoms with van der Waals surface area (Å²) in [7, 11) is 0. The molecule has 0 amide bonds. The van der Waals surface area contributed by atoms with E-state index in [-0.39, 0.29) is 0 Å². The van der Waals surface area contributed by atoms with E-state index >= 15 is 0 Å². The topological polar surface area (TPSA) is 4.41 Å². The molecule has 0 fully saturated rings. The highest BCUT2D eigenvalue weighted by atomic mass is 14.9. The molecule has 0 atom stereocenters. The van der Waals surface area contributed by atoms with Crippen molar-refractivity contribution in [2.75, 3.05) is 0 Å². The average Bonchev–Trinajstić information content (AvgIpc) is 3.28. The van der Waals surface area contributed by atoms with Crippen molar-refractivity contribution in [2.45, 2.75) is 0 Å². The molecule has 0 aliphatic heterocycles. The van der Waals surface area contributed by atoms with Gasteiger partial charge in [0.2, 0.25) is 0 Å². The minimum atomic E-state index is 1.26. The van der Waals surface area contributed by atoms with E-state index in [0.29, 0.717) is 0 Å². The molecular weight excluding hydrogens is 398 g/mol. The van der Waals surface area contributed by atoms with Crippen LogP contribution in [0.15, 0.2) is 115 Å². The van der Waals surface area contributed by atoms with Gasteiger partial charge < -0.3 is 4.40 Å². The van der Waals surface area contributed by atoms with Gasteiger partial charge in [-0.2, -0.15) is 0 Å². The first-order chi connectivity index (χ1) is 16.4. The van der Waals surface area contributed by atoms with Crippen LogP contribution in [0.5, 0.6) is 0 Å². The van der Waals surface area contributed by atoms with Gasteiger partial charge >= 0.3 is 0 Å². The van der Waals surface area contributed by atoms with Gasteiger partial charge in [0.05, 0.1) is 16.6 Å². The Morgan fingerprint density at radius 2 is 0.970 bits per heavy atom. The van der Waals surface area contributed by atoms with Crippen molar-refractivity contribution >= 4 is 70.4 Å². The summed E-state index contributed by atoms with van der Waals surface area (Å²) in [5, 5.41) is 13.1. The van der Waals surface area contributed by atoms with Crippen LogP contribution in [0.3, 0.4) is 0 Å². The maximum atomic E-state index is 2.50.